The Bertz CT molecular complexity index is 1120. The number of carboxylic acid groups (broad SMARTS) is 1. The molecule has 0 saturated heterocycles. The van der Waals surface area contributed by atoms with Crippen molar-refractivity contribution >= 4 is 17.6 Å². The summed E-state index contributed by atoms with van der Waals surface area (Å²) in [4.78, 5) is 34.5. The molecule has 0 bridgehead atoms. The number of aromatic nitrogens is 3. The number of aryl methyl sites for hydroxylation is 1. The monoisotopic (exact) mass is 439 g/mol. The number of pyridine rings is 1. The Kier molecular flexibility index (Phi) is 7.24. The molecule has 0 aliphatic carbocycles. The number of carbonyl (C=O) groups is 1. The lowest BCUT2D eigenvalue weighted by atomic mass is 10.0. The molecule has 0 fully saturated rings. The number of hydrogen-bond donors (Lipinski definition) is 2. The Morgan fingerprint density at radius 2 is 2.00 bits per heavy atom. The minimum atomic E-state index is -1.20. The van der Waals surface area contributed by atoms with Crippen LogP contribution in [0.25, 0.3) is 11.4 Å². The first-order valence-corrected chi connectivity index (χ1v) is 9.55. The van der Waals surface area contributed by atoms with Gasteiger partial charge in [0.1, 0.15) is 5.82 Å². The second-order valence-corrected chi connectivity index (χ2v) is 6.78. The van der Waals surface area contributed by atoms with Crippen molar-refractivity contribution in [1.29, 1.82) is 0 Å². The molecule has 0 aliphatic heterocycles. The van der Waals surface area contributed by atoms with Crippen LogP contribution in [0.1, 0.15) is 16.8 Å². The number of anilines is 1. The van der Waals surface area contributed by atoms with E-state index in [4.69, 9.17) is 14.6 Å². The number of benzene rings is 1. The number of hydrogen-bond acceptors (Lipinski definition) is 8. The number of ether oxygens (including phenoxy) is 2. The van der Waals surface area contributed by atoms with Gasteiger partial charge in [-0.25, -0.2) is 19.7 Å². The molecule has 32 heavy (non-hydrogen) atoms. The highest BCUT2D eigenvalue weighted by molar-refractivity contribution is 5.81. The third-order valence-corrected chi connectivity index (χ3v) is 4.38. The molecule has 0 aliphatic rings. The van der Waals surface area contributed by atoms with Gasteiger partial charge in [0, 0.05) is 18.5 Å². The summed E-state index contributed by atoms with van der Waals surface area (Å²) in [6, 6.07) is 8.09. The van der Waals surface area contributed by atoms with Crippen molar-refractivity contribution in [2.24, 2.45) is 0 Å². The molecule has 11 heteroatoms. The highest BCUT2D eigenvalue weighted by Crippen LogP contribution is 2.37. The van der Waals surface area contributed by atoms with Gasteiger partial charge in [0.05, 0.1) is 36.5 Å². The fraction of sp³-hybridized carbons (Fsp3) is 0.238. The first kappa shape index (κ1) is 22.6. The van der Waals surface area contributed by atoms with Crippen LogP contribution in [0.2, 0.25) is 0 Å². The van der Waals surface area contributed by atoms with Crippen molar-refractivity contribution in [3.63, 3.8) is 0 Å². The second-order valence-electron chi connectivity index (χ2n) is 6.78. The summed E-state index contributed by atoms with van der Waals surface area (Å²) in [5.74, 6) is 0.618. The van der Waals surface area contributed by atoms with E-state index >= 15 is 0 Å². The SMILES string of the molecule is COc1c(-c2ncc(C)cn2)cc(CCOCc2cccc(NC(=O)O)n2)cc1[N+](=O)[O-]. The molecule has 166 valence electrons. The van der Waals surface area contributed by atoms with Gasteiger partial charge in [0.15, 0.2) is 5.82 Å². The van der Waals surface area contributed by atoms with E-state index in [1.165, 1.54) is 19.2 Å². The number of nitro groups is 1. The third kappa shape index (κ3) is 5.73. The van der Waals surface area contributed by atoms with Crippen LogP contribution >= 0.6 is 0 Å². The molecule has 2 N–H and O–H groups in total. The largest absolute Gasteiger partial charge is 0.490 e. The number of rotatable bonds is 9. The van der Waals surface area contributed by atoms with Gasteiger partial charge in [-0.3, -0.25) is 15.4 Å². The van der Waals surface area contributed by atoms with Crippen LogP contribution in [0, 0.1) is 17.0 Å². The second kappa shape index (κ2) is 10.3. The van der Waals surface area contributed by atoms with Crippen LogP contribution in [0.4, 0.5) is 16.3 Å². The molecular formula is C21H21N5O6. The van der Waals surface area contributed by atoms with E-state index in [-0.39, 0.29) is 30.5 Å². The van der Waals surface area contributed by atoms with Crippen LogP contribution in [0.5, 0.6) is 5.75 Å². The van der Waals surface area contributed by atoms with Gasteiger partial charge in [-0.15, -0.1) is 0 Å². The molecule has 2 heterocycles. The van der Waals surface area contributed by atoms with Crippen LogP contribution in [-0.2, 0) is 17.8 Å². The van der Waals surface area contributed by atoms with E-state index < -0.39 is 11.0 Å². The molecule has 0 unspecified atom stereocenters. The average molecular weight is 439 g/mol. The number of methoxy groups -OCH3 is 1. The zero-order chi connectivity index (χ0) is 23.1. The molecule has 0 radical (unpaired) electrons. The van der Waals surface area contributed by atoms with Gasteiger partial charge in [-0.05, 0) is 42.7 Å². The highest BCUT2D eigenvalue weighted by atomic mass is 16.6. The molecule has 11 nitrogen and oxygen atoms in total. The maximum Gasteiger partial charge on any atom is 0.410 e. The predicted molar refractivity (Wildman–Crippen MR) is 115 cm³/mol. The average Bonchev–Trinajstić information content (AvgIpc) is 2.76. The Labute approximate surface area is 183 Å². The van der Waals surface area contributed by atoms with E-state index in [1.807, 2.05) is 6.92 Å². The maximum atomic E-state index is 11.6. The Hall–Kier alpha value is -4.12. The van der Waals surface area contributed by atoms with Crippen LogP contribution < -0.4 is 10.1 Å². The Balaban J connectivity index is 1.74. The number of nitrogens with one attached hydrogen (secondary N) is 1. The van der Waals surface area contributed by atoms with Gasteiger partial charge in [0.25, 0.3) is 0 Å². The number of nitrogens with zero attached hydrogens (tertiary/aromatic N) is 4. The molecule has 3 rings (SSSR count). The van der Waals surface area contributed by atoms with E-state index in [0.717, 1.165) is 5.56 Å². The summed E-state index contributed by atoms with van der Waals surface area (Å²) in [7, 11) is 1.36. The summed E-state index contributed by atoms with van der Waals surface area (Å²) in [6.45, 7) is 2.26. The zero-order valence-electron chi connectivity index (χ0n) is 17.4. The Morgan fingerprint density at radius 3 is 2.66 bits per heavy atom. The van der Waals surface area contributed by atoms with E-state index in [9.17, 15) is 14.9 Å². The zero-order valence-corrected chi connectivity index (χ0v) is 17.4. The topological polar surface area (TPSA) is 150 Å². The maximum absolute atomic E-state index is 11.6. The number of amides is 1. The minimum Gasteiger partial charge on any atom is -0.490 e. The lowest BCUT2D eigenvalue weighted by Gasteiger charge is -2.11. The first-order valence-electron chi connectivity index (χ1n) is 9.55. The van der Waals surface area contributed by atoms with Crippen LogP contribution in [0.15, 0.2) is 42.7 Å². The van der Waals surface area contributed by atoms with Gasteiger partial charge in [-0.1, -0.05) is 6.07 Å². The standard InChI is InChI=1S/C21H21N5O6/c1-13-10-22-20(23-11-13)16-8-14(9-17(26(29)30)19(16)31-2)6-7-32-12-15-4-3-5-18(24-15)25-21(27)28/h3-5,8-11H,6-7,12H2,1-2H3,(H,24,25)(H,27,28). The first-order chi connectivity index (χ1) is 15.4. The molecule has 0 spiro atoms. The van der Waals surface area contributed by atoms with Crippen molar-refractivity contribution in [2.45, 2.75) is 20.0 Å². The summed E-state index contributed by atoms with van der Waals surface area (Å²) >= 11 is 0. The third-order valence-electron chi connectivity index (χ3n) is 4.38. The molecule has 1 aromatic carbocycles. The molecule has 3 aromatic rings. The van der Waals surface area contributed by atoms with Gasteiger partial charge >= 0.3 is 11.8 Å². The van der Waals surface area contributed by atoms with Gasteiger partial charge in [0.2, 0.25) is 5.75 Å². The molecule has 1 amide bonds. The fourth-order valence-corrected chi connectivity index (χ4v) is 2.97. The normalized spacial score (nSPS) is 10.6. The molecule has 0 saturated carbocycles. The van der Waals surface area contributed by atoms with Crippen molar-refractivity contribution in [3.05, 3.63) is 69.7 Å². The minimum absolute atomic E-state index is 0.0930. The molecule has 0 atom stereocenters. The van der Waals surface area contributed by atoms with Crippen molar-refractivity contribution in [2.75, 3.05) is 19.0 Å². The lowest BCUT2D eigenvalue weighted by molar-refractivity contribution is -0.385. The van der Waals surface area contributed by atoms with E-state index in [1.54, 1.807) is 30.6 Å². The lowest BCUT2D eigenvalue weighted by Crippen LogP contribution is -2.10. The Morgan fingerprint density at radius 1 is 1.25 bits per heavy atom. The fourth-order valence-electron chi connectivity index (χ4n) is 2.97. The summed E-state index contributed by atoms with van der Waals surface area (Å²) in [5, 5.41) is 22.5. The quantitative estimate of drug-likeness (QED) is 0.289. The van der Waals surface area contributed by atoms with Crippen LogP contribution in [-0.4, -0.2) is 44.8 Å². The van der Waals surface area contributed by atoms with E-state index in [2.05, 4.69) is 20.3 Å². The molecular weight excluding hydrogens is 418 g/mol. The van der Waals surface area contributed by atoms with Crippen molar-refractivity contribution in [3.8, 4) is 17.1 Å². The molecule has 2 aromatic heterocycles. The summed E-state index contributed by atoms with van der Waals surface area (Å²) in [6.07, 6.45) is 2.44. The predicted octanol–water partition coefficient (Wildman–Crippen LogP) is 3.61. The van der Waals surface area contributed by atoms with Crippen molar-refractivity contribution < 1.29 is 24.3 Å². The van der Waals surface area contributed by atoms with Crippen LogP contribution in [0.3, 0.4) is 0 Å². The number of nitro benzene ring substituents is 1. The smallest absolute Gasteiger partial charge is 0.410 e. The van der Waals surface area contributed by atoms with E-state index in [0.29, 0.717) is 29.1 Å². The van der Waals surface area contributed by atoms with Gasteiger partial charge in [-0.2, -0.15) is 0 Å². The summed E-state index contributed by atoms with van der Waals surface area (Å²) < 4.78 is 10.9. The summed E-state index contributed by atoms with van der Waals surface area (Å²) in [5.41, 5.74) is 2.31. The van der Waals surface area contributed by atoms with Gasteiger partial charge < -0.3 is 14.6 Å². The highest BCUT2D eigenvalue weighted by Gasteiger charge is 2.23. The van der Waals surface area contributed by atoms with Crippen molar-refractivity contribution in [1.82, 2.24) is 15.0 Å².